The number of thioether (sulfide) groups is 1. The van der Waals surface area contributed by atoms with E-state index in [-0.39, 0.29) is 18.2 Å². The lowest BCUT2D eigenvalue weighted by Gasteiger charge is -2.31. The zero-order chi connectivity index (χ0) is 15.0. The van der Waals surface area contributed by atoms with E-state index < -0.39 is 17.9 Å². The van der Waals surface area contributed by atoms with Gasteiger partial charge in [-0.25, -0.2) is 0 Å². The molecule has 0 spiro atoms. The number of nitrogens with zero attached hydrogens (tertiary/aromatic N) is 4. The second kappa shape index (κ2) is 5.47. The molecule has 1 aliphatic carbocycles. The van der Waals surface area contributed by atoms with Crippen LogP contribution < -0.4 is 5.32 Å². The Morgan fingerprint density at radius 3 is 2.95 bits per heavy atom. The fourth-order valence-electron chi connectivity index (χ4n) is 2.17. The molecule has 3 amide bonds. The van der Waals surface area contributed by atoms with Gasteiger partial charge in [0.1, 0.15) is 18.9 Å². The maximum Gasteiger partial charge on any atom is 0.249 e. The van der Waals surface area contributed by atoms with Crippen LogP contribution in [0.3, 0.4) is 0 Å². The van der Waals surface area contributed by atoms with Gasteiger partial charge in [-0.3, -0.25) is 19.7 Å². The third kappa shape index (κ3) is 2.92. The van der Waals surface area contributed by atoms with Gasteiger partial charge in [0.05, 0.1) is 5.75 Å². The largest absolute Gasteiger partial charge is 0.321 e. The molecule has 0 aromatic carbocycles. The standard InChI is InChI=1S/C12H15N5O3S/c1-7-11(20)14-9(18)4-16(7)10(19)5-21-12-15-13-6-17(12)8-2-3-8/h6-8H,2-5H2,1H3,(H,14,18,20). The van der Waals surface area contributed by atoms with Crippen molar-refractivity contribution in [2.75, 3.05) is 12.3 Å². The summed E-state index contributed by atoms with van der Waals surface area (Å²) in [5.41, 5.74) is 0. The van der Waals surface area contributed by atoms with Crippen LogP contribution in [-0.2, 0) is 14.4 Å². The summed E-state index contributed by atoms with van der Waals surface area (Å²) in [6, 6.07) is -0.184. The maximum atomic E-state index is 12.2. The van der Waals surface area contributed by atoms with Crippen LogP contribution in [0.4, 0.5) is 0 Å². The van der Waals surface area contributed by atoms with Crippen molar-refractivity contribution in [3.63, 3.8) is 0 Å². The zero-order valence-corrected chi connectivity index (χ0v) is 12.3. The maximum absolute atomic E-state index is 12.2. The van der Waals surface area contributed by atoms with Crippen molar-refractivity contribution in [1.82, 2.24) is 25.0 Å². The highest BCUT2D eigenvalue weighted by molar-refractivity contribution is 7.99. The predicted octanol–water partition coefficient (Wildman–Crippen LogP) is -0.421. The number of carbonyl (C=O) groups is 3. The first-order valence-electron chi connectivity index (χ1n) is 6.71. The number of hydrogen-bond acceptors (Lipinski definition) is 6. The lowest BCUT2D eigenvalue weighted by atomic mass is 10.2. The van der Waals surface area contributed by atoms with Crippen molar-refractivity contribution in [3.8, 4) is 0 Å². The molecule has 1 N–H and O–H groups in total. The molecule has 1 aromatic heterocycles. The van der Waals surface area contributed by atoms with Crippen molar-refractivity contribution < 1.29 is 14.4 Å². The Morgan fingerprint density at radius 1 is 1.48 bits per heavy atom. The summed E-state index contributed by atoms with van der Waals surface area (Å²) in [6.07, 6.45) is 3.89. The summed E-state index contributed by atoms with van der Waals surface area (Å²) in [5, 5.41) is 10.8. The van der Waals surface area contributed by atoms with Crippen molar-refractivity contribution >= 4 is 29.5 Å². The molecule has 8 nitrogen and oxygen atoms in total. The van der Waals surface area contributed by atoms with Gasteiger partial charge >= 0.3 is 0 Å². The molecule has 1 aromatic rings. The molecule has 0 bridgehead atoms. The van der Waals surface area contributed by atoms with E-state index in [2.05, 4.69) is 15.5 Å². The second-order valence-corrected chi connectivity index (χ2v) is 6.09. The number of carbonyl (C=O) groups excluding carboxylic acids is 3. The number of hydrogen-bond donors (Lipinski definition) is 1. The molecule has 1 saturated carbocycles. The molecular weight excluding hydrogens is 294 g/mol. The summed E-state index contributed by atoms with van der Waals surface area (Å²) in [4.78, 5) is 36.4. The van der Waals surface area contributed by atoms with Gasteiger partial charge in [0, 0.05) is 6.04 Å². The average molecular weight is 309 g/mol. The van der Waals surface area contributed by atoms with Crippen molar-refractivity contribution in [1.29, 1.82) is 0 Å². The highest BCUT2D eigenvalue weighted by atomic mass is 32.2. The van der Waals surface area contributed by atoms with Crippen LogP contribution in [-0.4, -0.2) is 55.7 Å². The van der Waals surface area contributed by atoms with Crippen molar-refractivity contribution in [2.24, 2.45) is 0 Å². The molecule has 3 rings (SSSR count). The highest BCUT2D eigenvalue weighted by Crippen LogP contribution is 2.37. The number of amides is 3. The Kier molecular flexibility index (Phi) is 3.66. The highest BCUT2D eigenvalue weighted by Gasteiger charge is 2.33. The lowest BCUT2D eigenvalue weighted by Crippen LogP contribution is -2.59. The summed E-state index contributed by atoms with van der Waals surface area (Å²) < 4.78 is 1.97. The van der Waals surface area contributed by atoms with Gasteiger partial charge in [0.15, 0.2) is 5.16 Å². The molecule has 21 heavy (non-hydrogen) atoms. The third-order valence-electron chi connectivity index (χ3n) is 3.55. The zero-order valence-electron chi connectivity index (χ0n) is 11.5. The molecule has 1 aliphatic heterocycles. The van der Waals surface area contributed by atoms with E-state index in [0.717, 1.165) is 12.8 Å². The fourth-order valence-corrected chi connectivity index (χ4v) is 3.03. The first-order chi connectivity index (χ1) is 10.1. The molecule has 1 atom stereocenters. The van der Waals surface area contributed by atoms with Crippen LogP contribution in [0.2, 0.25) is 0 Å². The van der Waals surface area contributed by atoms with E-state index in [0.29, 0.717) is 11.2 Å². The Balaban J connectivity index is 1.61. The Hall–Kier alpha value is -1.90. The SMILES string of the molecule is CC1C(=O)NC(=O)CN1C(=O)CSc1nncn1C1CC1. The molecule has 2 fully saturated rings. The van der Waals surface area contributed by atoms with Gasteiger partial charge in [-0.2, -0.15) is 0 Å². The normalized spacial score (nSPS) is 22.3. The number of rotatable bonds is 4. The molecule has 1 saturated heterocycles. The number of piperazine rings is 1. The van der Waals surface area contributed by atoms with E-state index in [1.54, 1.807) is 13.3 Å². The minimum atomic E-state index is -0.628. The van der Waals surface area contributed by atoms with Crippen LogP contribution in [0.1, 0.15) is 25.8 Å². The van der Waals surface area contributed by atoms with Gasteiger partial charge in [-0.05, 0) is 19.8 Å². The quantitative estimate of drug-likeness (QED) is 0.599. The molecule has 1 unspecified atom stereocenters. The number of aromatic nitrogens is 3. The number of imide groups is 1. The smallest absolute Gasteiger partial charge is 0.249 e. The minimum absolute atomic E-state index is 0.0817. The predicted molar refractivity (Wildman–Crippen MR) is 73.3 cm³/mol. The Bertz CT molecular complexity index is 597. The van der Waals surface area contributed by atoms with Crippen LogP contribution in [0.15, 0.2) is 11.5 Å². The third-order valence-corrected chi connectivity index (χ3v) is 4.49. The van der Waals surface area contributed by atoms with E-state index >= 15 is 0 Å². The monoisotopic (exact) mass is 309 g/mol. The van der Waals surface area contributed by atoms with Crippen molar-refractivity contribution in [3.05, 3.63) is 6.33 Å². The summed E-state index contributed by atoms with van der Waals surface area (Å²) >= 11 is 1.28. The average Bonchev–Trinajstić information content (AvgIpc) is 3.19. The number of nitrogens with one attached hydrogen (secondary N) is 1. The van der Waals surface area contributed by atoms with E-state index in [9.17, 15) is 14.4 Å². The minimum Gasteiger partial charge on any atom is -0.321 e. The van der Waals surface area contributed by atoms with Crippen LogP contribution in [0, 0.1) is 0 Å². The van der Waals surface area contributed by atoms with Crippen LogP contribution in [0.5, 0.6) is 0 Å². The van der Waals surface area contributed by atoms with Crippen LogP contribution >= 0.6 is 11.8 Å². The molecule has 2 aliphatic rings. The summed E-state index contributed by atoms with van der Waals surface area (Å²) in [7, 11) is 0. The van der Waals surface area contributed by atoms with Gasteiger partial charge in [-0.1, -0.05) is 11.8 Å². The van der Waals surface area contributed by atoms with Gasteiger partial charge < -0.3 is 9.47 Å². The van der Waals surface area contributed by atoms with Gasteiger partial charge in [0.25, 0.3) is 0 Å². The van der Waals surface area contributed by atoms with Gasteiger partial charge in [-0.15, -0.1) is 10.2 Å². The topological polar surface area (TPSA) is 97.2 Å². The first-order valence-corrected chi connectivity index (χ1v) is 7.70. The molecule has 112 valence electrons. The Labute approximate surface area is 125 Å². The van der Waals surface area contributed by atoms with Gasteiger partial charge in [0.2, 0.25) is 17.7 Å². The molecule has 2 heterocycles. The summed E-state index contributed by atoms with van der Waals surface area (Å²) in [5.74, 6) is -1.000. The van der Waals surface area contributed by atoms with E-state index in [1.165, 1.54) is 16.7 Å². The fraction of sp³-hybridized carbons (Fsp3) is 0.583. The van der Waals surface area contributed by atoms with Crippen molar-refractivity contribution in [2.45, 2.75) is 37.0 Å². The van der Waals surface area contributed by atoms with E-state index in [4.69, 9.17) is 0 Å². The Morgan fingerprint density at radius 2 is 2.24 bits per heavy atom. The molecule has 9 heteroatoms. The molecular formula is C12H15N5O3S. The van der Waals surface area contributed by atoms with Crippen LogP contribution in [0.25, 0.3) is 0 Å². The lowest BCUT2D eigenvalue weighted by molar-refractivity contribution is -0.148. The second-order valence-electron chi connectivity index (χ2n) is 5.15. The molecule has 0 radical (unpaired) electrons. The van der Waals surface area contributed by atoms with E-state index in [1.807, 2.05) is 4.57 Å². The summed E-state index contributed by atoms with van der Waals surface area (Å²) in [6.45, 7) is 1.53. The first kappa shape index (κ1) is 14.1.